The van der Waals surface area contributed by atoms with Crippen LogP contribution in [0, 0.1) is 29.1 Å². The predicted molar refractivity (Wildman–Crippen MR) is 113 cm³/mol. The average molecular weight is 417 g/mol. The topological polar surface area (TPSA) is 94.0 Å². The van der Waals surface area contributed by atoms with E-state index >= 15 is 0 Å². The molecular weight excluding hydrogens is 397 g/mol. The van der Waals surface area contributed by atoms with Gasteiger partial charge < -0.3 is 14.6 Å². The number of urea groups is 1. The molecule has 2 amide bonds. The maximum absolute atomic E-state index is 14.0. The fourth-order valence-electron chi connectivity index (χ4n) is 4.73. The first-order chi connectivity index (χ1) is 15.1. The number of ether oxygens (including phenoxy) is 1. The number of amides is 2. The molecule has 2 aliphatic rings. The van der Waals surface area contributed by atoms with Gasteiger partial charge in [-0.3, -0.25) is 0 Å². The van der Waals surface area contributed by atoms with Gasteiger partial charge in [-0.1, -0.05) is 6.08 Å². The van der Waals surface area contributed by atoms with E-state index in [1.807, 2.05) is 6.07 Å². The van der Waals surface area contributed by atoms with E-state index in [1.54, 1.807) is 30.5 Å². The number of halogens is 1. The number of likely N-dealkylation sites (tertiary alicyclic amines) is 1. The number of fused-ring (bicyclic) bond motifs is 2. The summed E-state index contributed by atoms with van der Waals surface area (Å²) in [6.07, 6.45) is 6.43. The molecule has 0 bridgehead atoms. The largest absolute Gasteiger partial charge is 0.496 e. The number of nitrogens with zero attached hydrogens (tertiary/aromatic N) is 3. The van der Waals surface area contributed by atoms with Crippen molar-refractivity contribution in [3.05, 3.63) is 54.1 Å². The van der Waals surface area contributed by atoms with Crippen LogP contribution in [-0.4, -0.2) is 41.1 Å². The molecule has 0 saturated carbocycles. The Morgan fingerprint density at radius 1 is 1.32 bits per heavy atom. The number of rotatable bonds is 3. The van der Waals surface area contributed by atoms with Crippen LogP contribution >= 0.6 is 0 Å². The van der Waals surface area contributed by atoms with Gasteiger partial charge in [-0.2, -0.15) is 5.26 Å². The van der Waals surface area contributed by atoms with Crippen LogP contribution in [-0.2, 0) is 0 Å². The number of benzene rings is 1. The lowest BCUT2D eigenvalue weighted by atomic mass is 9.99. The maximum atomic E-state index is 14.0. The summed E-state index contributed by atoms with van der Waals surface area (Å²) in [5.41, 5.74) is 4.42. The van der Waals surface area contributed by atoms with Crippen LogP contribution in [0.3, 0.4) is 0 Å². The van der Waals surface area contributed by atoms with E-state index in [2.05, 4.69) is 27.4 Å². The number of hydrogen-bond acceptors (Lipinski definition) is 4. The molecule has 8 heteroatoms. The second kappa shape index (κ2) is 7.43. The normalized spacial score (nSPS) is 19.8. The van der Waals surface area contributed by atoms with Crippen LogP contribution in [0.4, 0.5) is 9.18 Å². The summed E-state index contributed by atoms with van der Waals surface area (Å²) in [6, 6.07) is 8.05. The molecule has 1 aromatic carbocycles. The second-order valence-electron chi connectivity index (χ2n) is 7.92. The van der Waals surface area contributed by atoms with Crippen LogP contribution in [0.1, 0.15) is 12.1 Å². The van der Waals surface area contributed by atoms with Crippen molar-refractivity contribution >= 4 is 22.6 Å². The lowest BCUT2D eigenvalue weighted by Crippen LogP contribution is -2.36. The van der Waals surface area contributed by atoms with Crippen LogP contribution < -0.4 is 10.1 Å². The smallest absolute Gasteiger partial charge is 0.330 e. The molecule has 1 aliphatic heterocycles. The molecule has 5 rings (SSSR count). The summed E-state index contributed by atoms with van der Waals surface area (Å²) in [5, 5.41) is 11.7. The fraction of sp³-hybridized carbons (Fsp3) is 0.261. The number of H-pyrrole nitrogens is 1. The molecular formula is C23H20FN5O2. The Hall–Kier alpha value is -3.86. The van der Waals surface area contributed by atoms with Gasteiger partial charge >= 0.3 is 6.03 Å². The highest BCUT2D eigenvalue weighted by Crippen LogP contribution is 2.42. The Bertz CT molecular complexity index is 1260. The number of nitriles is 1. The SMILES string of the molecule is COc1ccc(F)cc1-c1ccnc2[nH]c(C3=CC4CN(C(=O)NC#N)CC4C3)cc12. The number of carbonyl (C=O) groups excluding carboxylic acids is 1. The third-order valence-corrected chi connectivity index (χ3v) is 6.17. The highest BCUT2D eigenvalue weighted by atomic mass is 19.1. The van der Waals surface area contributed by atoms with E-state index in [0.29, 0.717) is 30.3 Å². The van der Waals surface area contributed by atoms with Crippen molar-refractivity contribution in [3.63, 3.8) is 0 Å². The molecule has 156 valence electrons. The number of hydrogen-bond donors (Lipinski definition) is 2. The Morgan fingerprint density at radius 3 is 2.97 bits per heavy atom. The molecule has 2 atom stereocenters. The van der Waals surface area contributed by atoms with Gasteiger partial charge in [0.15, 0.2) is 6.19 Å². The Morgan fingerprint density at radius 2 is 2.19 bits per heavy atom. The molecule has 1 aliphatic carbocycles. The third kappa shape index (κ3) is 3.28. The predicted octanol–water partition coefficient (Wildman–Crippen LogP) is 3.90. The minimum Gasteiger partial charge on any atom is -0.496 e. The minimum absolute atomic E-state index is 0.265. The molecule has 3 aromatic rings. The van der Waals surface area contributed by atoms with Crippen molar-refractivity contribution in [1.82, 2.24) is 20.2 Å². The van der Waals surface area contributed by atoms with Gasteiger partial charge in [-0.15, -0.1) is 0 Å². The number of carbonyl (C=O) groups is 1. The first-order valence-electron chi connectivity index (χ1n) is 10.0. The monoisotopic (exact) mass is 417 g/mol. The van der Waals surface area contributed by atoms with Gasteiger partial charge in [0.2, 0.25) is 0 Å². The highest BCUT2D eigenvalue weighted by molar-refractivity contribution is 5.96. The summed E-state index contributed by atoms with van der Waals surface area (Å²) in [6.45, 7) is 1.23. The van der Waals surface area contributed by atoms with Crippen molar-refractivity contribution in [3.8, 4) is 23.1 Å². The molecule has 2 N–H and O–H groups in total. The number of aromatic nitrogens is 2. The zero-order valence-corrected chi connectivity index (χ0v) is 16.9. The number of pyridine rings is 1. The van der Waals surface area contributed by atoms with Crippen LogP contribution in [0.2, 0.25) is 0 Å². The first-order valence-corrected chi connectivity index (χ1v) is 10.0. The third-order valence-electron chi connectivity index (χ3n) is 6.17. The van der Waals surface area contributed by atoms with E-state index in [9.17, 15) is 9.18 Å². The lowest BCUT2D eigenvalue weighted by Gasteiger charge is -2.15. The number of aromatic amines is 1. The van der Waals surface area contributed by atoms with Crippen molar-refractivity contribution < 1.29 is 13.9 Å². The highest BCUT2D eigenvalue weighted by Gasteiger charge is 2.38. The van der Waals surface area contributed by atoms with E-state index in [-0.39, 0.29) is 17.8 Å². The molecule has 1 fully saturated rings. The molecule has 7 nitrogen and oxygen atoms in total. The summed E-state index contributed by atoms with van der Waals surface area (Å²) >= 11 is 0. The number of allylic oxidation sites excluding steroid dienone is 1. The van der Waals surface area contributed by atoms with Crippen molar-refractivity contribution in [1.29, 1.82) is 5.26 Å². The van der Waals surface area contributed by atoms with E-state index < -0.39 is 0 Å². The Balaban J connectivity index is 1.47. The first kappa shape index (κ1) is 19.1. The molecule has 1 saturated heterocycles. The molecule has 0 radical (unpaired) electrons. The second-order valence-corrected chi connectivity index (χ2v) is 7.92. The fourth-order valence-corrected chi connectivity index (χ4v) is 4.73. The van der Waals surface area contributed by atoms with Crippen molar-refractivity contribution in [2.75, 3.05) is 20.2 Å². The van der Waals surface area contributed by atoms with E-state index in [4.69, 9.17) is 10.00 Å². The maximum Gasteiger partial charge on any atom is 0.330 e. The van der Waals surface area contributed by atoms with Crippen LogP contribution in [0.25, 0.3) is 27.7 Å². The van der Waals surface area contributed by atoms with Gasteiger partial charge in [0.05, 0.1) is 7.11 Å². The standard InChI is InChI=1S/C23H20FN5O2/c1-31-21-3-2-16(24)8-18(21)17-4-5-26-22-19(17)9-20(28-22)13-6-14-10-29(11-15(14)7-13)23(30)27-12-25/h2-6,8-9,14-15H,7,10-11H2,1H3,(H,26,28)(H,27,30). The molecule has 2 aromatic heterocycles. The van der Waals surface area contributed by atoms with Crippen molar-refractivity contribution in [2.24, 2.45) is 11.8 Å². The van der Waals surface area contributed by atoms with Crippen LogP contribution in [0.15, 0.2) is 42.6 Å². The van der Waals surface area contributed by atoms with Gasteiger partial charge in [0.25, 0.3) is 0 Å². The molecule has 2 unspecified atom stereocenters. The van der Waals surface area contributed by atoms with Gasteiger partial charge in [0.1, 0.15) is 17.2 Å². The van der Waals surface area contributed by atoms with Crippen molar-refractivity contribution in [2.45, 2.75) is 6.42 Å². The van der Waals surface area contributed by atoms with Gasteiger partial charge in [-0.25, -0.2) is 19.5 Å². The average Bonchev–Trinajstić information content (AvgIpc) is 3.46. The zero-order valence-electron chi connectivity index (χ0n) is 16.9. The number of methoxy groups -OCH3 is 1. The Labute approximate surface area is 178 Å². The lowest BCUT2D eigenvalue weighted by molar-refractivity contribution is 0.211. The van der Waals surface area contributed by atoms with Crippen LogP contribution in [0.5, 0.6) is 5.75 Å². The van der Waals surface area contributed by atoms with E-state index in [1.165, 1.54) is 17.7 Å². The summed E-state index contributed by atoms with van der Waals surface area (Å²) in [4.78, 5) is 21.5. The van der Waals surface area contributed by atoms with E-state index in [0.717, 1.165) is 28.7 Å². The number of nitrogens with one attached hydrogen (secondary N) is 2. The zero-order chi connectivity index (χ0) is 21.5. The minimum atomic E-state index is -0.338. The summed E-state index contributed by atoms with van der Waals surface area (Å²) in [5.74, 6) is 0.873. The molecule has 0 spiro atoms. The molecule has 31 heavy (non-hydrogen) atoms. The molecule has 3 heterocycles. The summed E-state index contributed by atoms with van der Waals surface area (Å²) < 4.78 is 19.4. The summed E-state index contributed by atoms with van der Waals surface area (Å²) in [7, 11) is 1.57. The quantitative estimate of drug-likeness (QED) is 0.499. The Kier molecular flexibility index (Phi) is 4.59. The van der Waals surface area contributed by atoms with Gasteiger partial charge in [0, 0.05) is 35.9 Å². The van der Waals surface area contributed by atoms with Gasteiger partial charge in [-0.05, 0) is 59.7 Å².